The highest BCUT2D eigenvalue weighted by Gasteiger charge is 2.10. The highest BCUT2D eigenvalue weighted by molar-refractivity contribution is 7.14. The molecule has 22 heavy (non-hydrogen) atoms. The molecule has 0 aromatic carbocycles. The molecule has 0 N–H and O–H groups in total. The zero-order valence-electron chi connectivity index (χ0n) is 12.7. The van der Waals surface area contributed by atoms with E-state index in [9.17, 15) is 0 Å². The van der Waals surface area contributed by atoms with Crippen molar-refractivity contribution in [3.05, 3.63) is 50.1 Å². The third-order valence-electron chi connectivity index (χ3n) is 2.96. The van der Waals surface area contributed by atoms with E-state index in [1.165, 1.54) is 9.75 Å². The second kappa shape index (κ2) is 6.73. The average molecular weight is 348 g/mol. The van der Waals surface area contributed by atoms with Crippen LogP contribution in [0.4, 0.5) is 0 Å². The molecule has 0 saturated carbocycles. The molecule has 0 aliphatic rings. The molecule has 0 aliphatic carbocycles. The van der Waals surface area contributed by atoms with Gasteiger partial charge in [-0.15, -0.1) is 34.0 Å². The van der Waals surface area contributed by atoms with Gasteiger partial charge in [-0.05, 0) is 43.7 Å². The lowest BCUT2D eigenvalue weighted by Crippen LogP contribution is -2.15. The van der Waals surface area contributed by atoms with Gasteiger partial charge in [0.15, 0.2) is 0 Å². The van der Waals surface area contributed by atoms with Crippen LogP contribution in [0.3, 0.4) is 0 Å². The Morgan fingerprint density at radius 2 is 1.86 bits per heavy atom. The molecule has 3 aromatic heterocycles. The summed E-state index contributed by atoms with van der Waals surface area (Å²) in [6.07, 6.45) is 0. The fourth-order valence-electron chi connectivity index (χ4n) is 1.98. The molecule has 0 radical (unpaired) electrons. The number of aromatic nitrogens is 1. The van der Waals surface area contributed by atoms with Gasteiger partial charge < -0.3 is 0 Å². The summed E-state index contributed by atoms with van der Waals surface area (Å²) in [6, 6.07) is 8.59. The van der Waals surface area contributed by atoms with Crippen molar-refractivity contribution >= 4 is 39.7 Å². The molecule has 3 aromatic rings. The van der Waals surface area contributed by atoms with Crippen LogP contribution in [0.15, 0.2) is 50.5 Å². The van der Waals surface area contributed by atoms with Crippen molar-refractivity contribution in [2.45, 2.75) is 26.8 Å². The number of hydrogen-bond acceptors (Lipinski definition) is 5. The van der Waals surface area contributed by atoms with Crippen LogP contribution in [0, 0.1) is 0 Å². The first-order chi connectivity index (χ1) is 10.6. The molecular weight excluding hydrogens is 330 g/mol. The Morgan fingerprint density at radius 3 is 2.50 bits per heavy atom. The van der Waals surface area contributed by atoms with Crippen LogP contribution in [-0.2, 0) is 0 Å². The van der Waals surface area contributed by atoms with E-state index in [0.717, 1.165) is 16.2 Å². The Morgan fingerprint density at radius 1 is 1.09 bits per heavy atom. The van der Waals surface area contributed by atoms with Gasteiger partial charge in [-0.1, -0.05) is 12.1 Å². The summed E-state index contributed by atoms with van der Waals surface area (Å²) in [5.41, 5.74) is 2.12. The molecule has 114 valence electrons. The van der Waals surface area contributed by atoms with E-state index < -0.39 is 0 Å². The lowest BCUT2D eigenvalue weighted by Gasteiger charge is -2.04. The molecule has 6 heteroatoms. The zero-order valence-corrected chi connectivity index (χ0v) is 15.1. The Bertz CT molecular complexity index is 819. The van der Waals surface area contributed by atoms with Gasteiger partial charge in [0.05, 0.1) is 21.2 Å². The van der Waals surface area contributed by atoms with Crippen molar-refractivity contribution in [3.8, 4) is 10.6 Å². The summed E-state index contributed by atoms with van der Waals surface area (Å²) in [5, 5.41) is 11.1. The molecule has 0 unspecified atom stereocenters. The second-order valence-electron chi connectivity index (χ2n) is 5.08. The minimum atomic E-state index is 0.248. The summed E-state index contributed by atoms with van der Waals surface area (Å²) in [4.78, 5) is 8.04. The number of rotatable bonds is 4. The second-order valence-corrected chi connectivity index (χ2v) is 7.81. The van der Waals surface area contributed by atoms with Gasteiger partial charge in [-0.3, -0.25) is 4.99 Å². The van der Waals surface area contributed by atoms with Gasteiger partial charge in [-0.25, -0.2) is 4.68 Å². The predicted molar refractivity (Wildman–Crippen MR) is 98.2 cm³/mol. The summed E-state index contributed by atoms with van der Waals surface area (Å²) in [6.45, 7) is 6.23. The number of thiophene rings is 2. The van der Waals surface area contributed by atoms with Gasteiger partial charge >= 0.3 is 0 Å². The number of nitrogens with zero attached hydrogens (tertiary/aromatic N) is 3. The maximum atomic E-state index is 4.84. The van der Waals surface area contributed by atoms with Crippen molar-refractivity contribution in [3.63, 3.8) is 0 Å². The van der Waals surface area contributed by atoms with Crippen molar-refractivity contribution in [1.29, 1.82) is 0 Å². The Balaban J connectivity index is 2.15. The lowest BCUT2D eigenvalue weighted by atomic mass is 10.3. The van der Waals surface area contributed by atoms with Gasteiger partial charge in [0.2, 0.25) is 4.80 Å². The summed E-state index contributed by atoms with van der Waals surface area (Å²) >= 11 is 5.07. The zero-order chi connectivity index (χ0) is 15.5. The highest BCUT2D eigenvalue weighted by Crippen LogP contribution is 2.25. The van der Waals surface area contributed by atoms with Crippen molar-refractivity contribution < 1.29 is 0 Å². The molecule has 0 atom stereocenters. The lowest BCUT2D eigenvalue weighted by molar-refractivity contribution is 0.753. The molecule has 3 rings (SSSR count). The smallest absolute Gasteiger partial charge is 0.206 e. The highest BCUT2D eigenvalue weighted by atomic mass is 32.1. The van der Waals surface area contributed by atoms with E-state index in [1.807, 2.05) is 11.6 Å². The van der Waals surface area contributed by atoms with Crippen LogP contribution < -0.4 is 4.80 Å². The van der Waals surface area contributed by atoms with E-state index in [0.29, 0.717) is 0 Å². The maximum absolute atomic E-state index is 4.84. The van der Waals surface area contributed by atoms with Gasteiger partial charge in [0.25, 0.3) is 0 Å². The van der Waals surface area contributed by atoms with E-state index in [1.54, 1.807) is 34.0 Å². The van der Waals surface area contributed by atoms with Crippen LogP contribution in [0.1, 0.15) is 25.6 Å². The first-order valence-electron chi connectivity index (χ1n) is 7.03. The fraction of sp³-hybridized carbons (Fsp3) is 0.250. The topological polar surface area (TPSA) is 29.6 Å². The monoisotopic (exact) mass is 347 g/mol. The van der Waals surface area contributed by atoms with Crippen LogP contribution in [0.25, 0.3) is 10.6 Å². The van der Waals surface area contributed by atoms with Crippen LogP contribution >= 0.6 is 34.0 Å². The molecule has 3 nitrogen and oxygen atoms in total. The minimum Gasteiger partial charge on any atom is -0.255 e. The van der Waals surface area contributed by atoms with E-state index in [4.69, 9.17) is 10.1 Å². The first kappa shape index (κ1) is 15.4. The van der Waals surface area contributed by atoms with Crippen molar-refractivity contribution in [2.24, 2.45) is 10.1 Å². The fourth-order valence-corrected chi connectivity index (χ4v) is 4.41. The number of thiazole rings is 1. The molecule has 3 heterocycles. The van der Waals surface area contributed by atoms with E-state index in [-0.39, 0.29) is 6.04 Å². The maximum Gasteiger partial charge on any atom is 0.206 e. The molecular formula is C16H17N3S3. The molecule has 0 spiro atoms. The number of hydrogen-bond donors (Lipinski definition) is 0. The first-order valence-corrected chi connectivity index (χ1v) is 9.67. The largest absolute Gasteiger partial charge is 0.255 e. The molecule has 0 aliphatic heterocycles. The minimum absolute atomic E-state index is 0.248. The molecule has 0 saturated heterocycles. The SMILES string of the molecule is CC(=Nn1c(-c2cccs2)csc1=NC(C)C)c1cccs1. The van der Waals surface area contributed by atoms with Crippen LogP contribution in [0.2, 0.25) is 0 Å². The summed E-state index contributed by atoms with van der Waals surface area (Å²) in [5.74, 6) is 0. The van der Waals surface area contributed by atoms with Crippen molar-refractivity contribution in [1.82, 2.24) is 4.68 Å². The summed E-state index contributed by atoms with van der Waals surface area (Å²) < 4.78 is 1.98. The Hall–Kier alpha value is -1.50. The third kappa shape index (κ3) is 3.29. The van der Waals surface area contributed by atoms with Gasteiger partial charge in [-0.2, -0.15) is 5.10 Å². The summed E-state index contributed by atoms with van der Waals surface area (Å²) in [7, 11) is 0. The van der Waals surface area contributed by atoms with E-state index in [2.05, 4.69) is 54.3 Å². The average Bonchev–Trinajstić information content (AvgIpc) is 3.19. The molecule has 0 fully saturated rings. The van der Waals surface area contributed by atoms with Gasteiger partial charge in [0, 0.05) is 11.4 Å². The van der Waals surface area contributed by atoms with Crippen LogP contribution in [0.5, 0.6) is 0 Å². The molecule has 0 amide bonds. The molecule has 0 bridgehead atoms. The third-order valence-corrected chi connectivity index (χ3v) is 5.66. The standard InChI is InChI=1S/C16H17N3S3/c1-11(2)17-16-19(18-12(3)14-6-4-8-20-14)13(10-22-16)15-7-5-9-21-15/h4-11H,1-3H3. The van der Waals surface area contributed by atoms with Crippen LogP contribution in [-0.4, -0.2) is 16.4 Å². The normalized spacial score (nSPS) is 13.3. The van der Waals surface area contributed by atoms with Gasteiger partial charge in [0.1, 0.15) is 0 Å². The Kier molecular flexibility index (Phi) is 4.71. The van der Waals surface area contributed by atoms with Crippen molar-refractivity contribution in [2.75, 3.05) is 0 Å². The quantitative estimate of drug-likeness (QED) is 0.600. The Labute approximate surface area is 141 Å². The van der Waals surface area contributed by atoms with E-state index >= 15 is 0 Å². The predicted octanol–water partition coefficient (Wildman–Crippen LogP) is 4.92.